The van der Waals surface area contributed by atoms with Crippen LogP contribution in [0.2, 0.25) is 0 Å². The Balaban J connectivity index is 2.16. The fraction of sp³-hybridized carbons (Fsp3) is 0.692. The van der Waals surface area contributed by atoms with E-state index < -0.39 is 0 Å². The first kappa shape index (κ1) is 12.1. The standard InChI is InChI=1S/C13H22N2S/c1-4-15(11-8-14-9-11)13(10(2)3)12-6-5-7-16-12/h5-7,10-11,13-14H,4,8-9H2,1-3H3. The lowest BCUT2D eigenvalue weighted by molar-refractivity contribution is 0.0772. The lowest BCUT2D eigenvalue weighted by Gasteiger charge is -2.43. The highest BCUT2D eigenvalue weighted by Crippen LogP contribution is 2.33. The summed E-state index contributed by atoms with van der Waals surface area (Å²) in [5, 5.41) is 5.57. The topological polar surface area (TPSA) is 15.3 Å². The molecule has 2 rings (SSSR count). The molecule has 1 aliphatic heterocycles. The Kier molecular flexibility index (Phi) is 4.00. The van der Waals surface area contributed by atoms with Crippen LogP contribution in [0.5, 0.6) is 0 Å². The molecule has 1 aromatic heterocycles. The molecule has 3 heteroatoms. The molecule has 0 radical (unpaired) electrons. The van der Waals surface area contributed by atoms with Gasteiger partial charge in [-0.25, -0.2) is 0 Å². The van der Waals surface area contributed by atoms with Crippen molar-refractivity contribution in [1.82, 2.24) is 10.2 Å². The summed E-state index contributed by atoms with van der Waals surface area (Å²) in [6.45, 7) is 10.4. The molecule has 1 unspecified atom stereocenters. The summed E-state index contributed by atoms with van der Waals surface area (Å²) >= 11 is 1.89. The van der Waals surface area contributed by atoms with Gasteiger partial charge < -0.3 is 5.32 Å². The summed E-state index contributed by atoms with van der Waals surface area (Å²) in [5.41, 5.74) is 0. The molecule has 1 aliphatic rings. The maximum atomic E-state index is 3.38. The van der Waals surface area contributed by atoms with Crippen LogP contribution >= 0.6 is 11.3 Å². The van der Waals surface area contributed by atoms with Crippen LogP contribution in [0.15, 0.2) is 17.5 Å². The van der Waals surface area contributed by atoms with Gasteiger partial charge in [-0.05, 0) is 23.9 Å². The summed E-state index contributed by atoms with van der Waals surface area (Å²) in [6, 6.07) is 5.78. The summed E-state index contributed by atoms with van der Waals surface area (Å²) in [7, 11) is 0. The third kappa shape index (κ3) is 2.31. The van der Waals surface area contributed by atoms with Gasteiger partial charge in [0.25, 0.3) is 0 Å². The molecule has 0 spiro atoms. The highest BCUT2D eigenvalue weighted by atomic mass is 32.1. The van der Waals surface area contributed by atoms with Crippen molar-refractivity contribution in [1.29, 1.82) is 0 Å². The van der Waals surface area contributed by atoms with Gasteiger partial charge in [0, 0.05) is 30.1 Å². The van der Waals surface area contributed by atoms with Gasteiger partial charge in [0.2, 0.25) is 0 Å². The molecule has 90 valence electrons. The summed E-state index contributed by atoms with van der Waals surface area (Å²) in [6.07, 6.45) is 0. The normalized spacial score (nSPS) is 19.1. The quantitative estimate of drug-likeness (QED) is 0.848. The molecular weight excluding hydrogens is 216 g/mol. The van der Waals surface area contributed by atoms with Crippen molar-refractivity contribution < 1.29 is 0 Å². The highest BCUT2D eigenvalue weighted by Gasteiger charge is 2.32. The molecule has 0 bridgehead atoms. The van der Waals surface area contributed by atoms with Crippen LogP contribution < -0.4 is 5.32 Å². The molecular formula is C13H22N2S. The van der Waals surface area contributed by atoms with E-state index in [-0.39, 0.29) is 0 Å². The number of likely N-dealkylation sites (N-methyl/N-ethyl adjacent to an activating group) is 1. The minimum atomic E-state index is 0.595. The van der Waals surface area contributed by atoms with Crippen molar-refractivity contribution in [2.45, 2.75) is 32.9 Å². The third-order valence-corrected chi connectivity index (χ3v) is 4.36. The minimum absolute atomic E-state index is 0.595. The number of nitrogens with one attached hydrogen (secondary N) is 1. The summed E-state index contributed by atoms with van der Waals surface area (Å²) in [5.74, 6) is 0.680. The average Bonchev–Trinajstić information content (AvgIpc) is 2.66. The van der Waals surface area contributed by atoms with Crippen molar-refractivity contribution in [2.75, 3.05) is 19.6 Å². The molecule has 1 atom stereocenters. The number of hydrogen-bond acceptors (Lipinski definition) is 3. The van der Waals surface area contributed by atoms with E-state index in [1.807, 2.05) is 11.3 Å². The molecule has 2 heterocycles. The molecule has 1 fully saturated rings. The van der Waals surface area contributed by atoms with Gasteiger partial charge in [0.15, 0.2) is 0 Å². The van der Waals surface area contributed by atoms with Gasteiger partial charge in [-0.1, -0.05) is 26.8 Å². The van der Waals surface area contributed by atoms with E-state index in [9.17, 15) is 0 Å². The Labute approximate surface area is 103 Å². The lowest BCUT2D eigenvalue weighted by atomic mass is 9.97. The number of rotatable bonds is 5. The maximum Gasteiger partial charge on any atom is 0.0468 e. The number of hydrogen-bond donors (Lipinski definition) is 1. The first-order valence-electron chi connectivity index (χ1n) is 6.24. The molecule has 0 aliphatic carbocycles. The molecule has 1 N–H and O–H groups in total. The maximum absolute atomic E-state index is 3.38. The van der Waals surface area contributed by atoms with Crippen LogP contribution in [0.1, 0.15) is 31.7 Å². The summed E-state index contributed by atoms with van der Waals surface area (Å²) < 4.78 is 0. The van der Waals surface area contributed by atoms with E-state index in [1.54, 1.807) is 0 Å². The van der Waals surface area contributed by atoms with E-state index in [4.69, 9.17) is 0 Å². The van der Waals surface area contributed by atoms with Crippen molar-refractivity contribution in [3.63, 3.8) is 0 Å². The van der Waals surface area contributed by atoms with Gasteiger partial charge in [0.1, 0.15) is 0 Å². The first-order chi connectivity index (χ1) is 7.74. The lowest BCUT2D eigenvalue weighted by Crippen LogP contribution is -2.58. The Morgan fingerprint density at radius 2 is 2.25 bits per heavy atom. The molecule has 0 saturated carbocycles. The van der Waals surface area contributed by atoms with E-state index in [2.05, 4.69) is 48.5 Å². The minimum Gasteiger partial charge on any atom is -0.314 e. The zero-order valence-electron chi connectivity index (χ0n) is 10.4. The Morgan fingerprint density at radius 3 is 2.62 bits per heavy atom. The fourth-order valence-electron chi connectivity index (χ4n) is 2.52. The van der Waals surface area contributed by atoms with Crippen molar-refractivity contribution in [2.24, 2.45) is 5.92 Å². The SMILES string of the molecule is CCN(C1CNC1)C(c1cccs1)C(C)C. The van der Waals surface area contributed by atoms with Crippen LogP contribution in [-0.2, 0) is 0 Å². The monoisotopic (exact) mass is 238 g/mol. The molecule has 1 aromatic rings. The number of nitrogens with zero attached hydrogens (tertiary/aromatic N) is 1. The Hall–Kier alpha value is -0.380. The van der Waals surface area contributed by atoms with Crippen LogP contribution in [0.4, 0.5) is 0 Å². The van der Waals surface area contributed by atoms with Gasteiger partial charge in [-0.2, -0.15) is 0 Å². The average molecular weight is 238 g/mol. The van der Waals surface area contributed by atoms with E-state index in [0.717, 1.165) is 25.7 Å². The summed E-state index contributed by atoms with van der Waals surface area (Å²) in [4.78, 5) is 4.18. The molecule has 2 nitrogen and oxygen atoms in total. The fourth-order valence-corrected chi connectivity index (χ4v) is 3.54. The second-order valence-corrected chi connectivity index (χ2v) is 5.83. The van der Waals surface area contributed by atoms with Crippen molar-refractivity contribution in [3.05, 3.63) is 22.4 Å². The smallest absolute Gasteiger partial charge is 0.0468 e. The van der Waals surface area contributed by atoms with Crippen LogP contribution in [-0.4, -0.2) is 30.6 Å². The van der Waals surface area contributed by atoms with Crippen molar-refractivity contribution in [3.8, 4) is 0 Å². The predicted octanol–water partition coefficient (Wildman–Crippen LogP) is 2.74. The van der Waals surface area contributed by atoms with Gasteiger partial charge in [-0.3, -0.25) is 4.90 Å². The Bertz CT molecular complexity index is 304. The van der Waals surface area contributed by atoms with Gasteiger partial charge in [0.05, 0.1) is 0 Å². The van der Waals surface area contributed by atoms with E-state index in [0.29, 0.717) is 12.0 Å². The second kappa shape index (κ2) is 5.30. The van der Waals surface area contributed by atoms with Gasteiger partial charge >= 0.3 is 0 Å². The zero-order chi connectivity index (χ0) is 11.5. The van der Waals surface area contributed by atoms with Crippen LogP contribution in [0.3, 0.4) is 0 Å². The van der Waals surface area contributed by atoms with Crippen LogP contribution in [0.25, 0.3) is 0 Å². The van der Waals surface area contributed by atoms with E-state index in [1.165, 1.54) is 4.88 Å². The zero-order valence-corrected chi connectivity index (χ0v) is 11.3. The van der Waals surface area contributed by atoms with Gasteiger partial charge in [-0.15, -0.1) is 11.3 Å². The molecule has 1 saturated heterocycles. The number of thiophene rings is 1. The third-order valence-electron chi connectivity index (χ3n) is 3.42. The highest BCUT2D eigenvalue weighted by molar-refractivity contribution is 7.10. The molecule has 0 amide bonds. The second-order valence-electron chi connectivity index (χ2n) is 4.85. The molecule has 16 heavy (non-hydrogen) atoms. The Morgan fingerprint density at radius 1 is 1.50 bits per heavy atom. The predicted molar refractivity (Wildman–Crippen MR) is 70.9 cm³/mol. The van der Waals surface area contributed by atoms with E-state index >= 15 is 0 Å². The molecule has 0 aromatic carbocycles. The largest absolute Gasteiger partial charge is 0.314 e. The van der Waals surface area contributed by atoms with Crippen molar-refractivity contribution >= 4 is 11.3 Å². The van der Waals surface area contributed by atoms with Crippen LogP contribution in [0, 0.1) is 5.92 Å². The first-order valence-corrected chi connectivity index (χ1v) is 7.11.